The maximum Gasteiger partial charge on any atom is 0.123 e. The molecule has 3 heteroatoms. The zero-order valence-electron chi connectivity index (χ0n) is 8.06. The van der Waals surface area contributed by atoms with E-state index in [-0.39, 0.29) is 11.9 Å². The highest BCUT2D eigenvalue weighted by Gasteiger charge is 2.10. The van der Waals surface area contributed by atoms with Crippen LogP contribution in [0.2, 0.25) is 0 Å². The average Bonchev–Trinajstić information content (AvgIpc) is 2.18. The van der Waals surface area contributed by atoms with E-state index in [2.05, 4.69) is 27.8 Å². The molecule has 0 saturated carbocycles. The predicted octanol–water partition coefficient (Wildman–Crippen LogP) is 3.42. The third kappa shape index (κ3) is 2.66. The van der Waals surface area contributed by atoms with E-state index in [1.165, 1.54) is 12.1 Å². The van der Waals surface area contributed by atoms with Crippen LogP contribution in [0.25, 0.3) is 0 Å². The topological polar surface area (TPSA) is 12.0 Å². The Morgan fingerprint density at radius 1 is 1.64 bits per heavy atom. The monoisotopic (exact) mass is 257 g/mol. The number of halogens is 2. The van der Waals surface area contributed by atoms with E-state index < -0.39 is 0 Å². The van der Waals surface area contributed by atoms with Crippen LogP contribution in [0.3, 0.4) is 0 Å². The predicted molar refractivity (Wildman–Crippen MR) is 60.7 cm³/mol. The van der Waals surface area contributed by atoms with Crippen LogP contribution in [0.1, 0.15) is 18.5 Å². The fraction of sp³-hybridized carbons (Fsp3) is 0.273. The highest BCUT2D eigenvalue weighted by Crippen LogP contribution is 2.24. The standard InChI is InChI=1S/C11H13BrFN/c1-3-11(14-4-2)9-7-8(13)5-6-10(9)12/h3,5-7,11,14H,1,4H2,2H3. The first-order chi connectivity index (χ1) is 6.69. The molecule has 1 N–H and O–H groups in total. The molecule has 0 aromatic heterocycles. The first kappa shape index (κ1) is 11.4. The van der Waals surface area contributed by atoms with E-state index in [0.717, 1.165) is 16.6 Å². The molecule has 14 heavy (non-hydrogen) atoms. The molecule has 0 aliphatic rings. The summed E-state index contributed by atoms with van der Waals surface area (Å²) in [6.45, 7) is 6.54. The van der Waals surface area contributed by atoms with Crippen LogP contribution in [0.4, 0.5) is 4.39 Å². The van der Waals surface area contributed by atoms with Crippen LogP contribution in [0, 0.1) is 5.82 Å². The summed E-state index contributed by atoms with van der Waals surface area (Å²) < 4.78 is 13.9. The Hall–Kier alpha value is -0.670. The Labute approximate surface area is 92.1 Å². The quantitative estimate of drug-likeness (QED) is 0.816. The van der Waals surface area contributed by atoms with Crippen molar-refractivity contribution >= 4 is 15.9 Å². The summed E-state index contributed by atoms with van der Waals surface area (Å²) in [6, 6.07) is 4.64. The number of hydrogen-bond donors (Lipinski definition) is 1. The van der Waals surface area contributed by atoms with E-state index >= 15 is 0 Å². The molecule has 0 fully saturated rings. The summed E-state index contributed by atoms with van der Waals surface area (Å²) in [5, 5.41) is 3.20. The van der Waals surface area contributed by atoms with Crippen molar-refractivity contribution < 1.29 is 4.39 Å². The van der Waals surface area contributed by atoms with Crippen LogP contribution < -0.4 is 5.32 Å². The molecule has 1 rings (SSSR count). The summed E-state index contributed by atoms with van der Waals surface area (Å²) in [5.74, 6) is -0.229. The molecule has 1 aromatic carbocycles. The Kier molecular flexibility index (Phi) is 4.29. The molecule has 0 amide bonds. The molecule has 0 heterocycles. The van der Waals surface area contributed by atoms with Crippen LogP contribution >= 0.6 is 15.9 Å². The van der Waals surface area contributed by atoms with E-state index in [9.17, 15) is 4.39 Å². The minimum absolute atomic E-state index is 0.00919. The summed E-state index contributed by atoms with van der Waals surface area (Å²) in [7, 11) is 0. The second-order valence-electron chi connectivity index (χ2n) is 2.94. The van der Waals surface area contributed by atoms with Crippen molar-refractivity contribution in [1.29, 1.82) is 0 Å². The Balaban J connectivity index is 3.01. The zero-order valence-corrected chi connectivity index (χ0v) is 9.64. The van der Waals surface area contributed by atoms with Gasteiger partial charge in [-0.2, -0.15) is 0 Å². The number of hydrogen-bond acceptors (Lipinski definition) is 1. The molecule has 1 aromatic rings. The minimum atomic E-state index is -0.229. The van der Waals surface area contributed by atoms with Gasteiger partial charge in [0, 0.05) is 4.47 Å². The highest BCUT2D eigenvalue weighted by molar-refractivity contribution is 9.10. The molecular weight excluding hydrogens is 245 g/mol. The molecule has 0 saturated heterocycles. The lowest BCUT2D eigenvalue weighted by atomic mass is 10.1. The maximum absolute atomic E-state index is 13.0. The van der Waals surface area contributed by atoms with E-state index in [0.29, 0.717) is 0 Å². The van der Waals surface area contributed by atoms with Gasteiger partial charge in [-0.05, 0) is 30.3 Å². The second kappa shape index (κ2) is 5.27. The van der Waals surface area contributed by atoms with Gasteiger partial charge >= 0.3 is 0 Å². The number of likely N-dealkylation sites (N-methyl/N-ethyl adjacent to an activating group) is 1. The lowest BCUT2D eigenvalue weighted by Gasteiger charge is -2.15. The van der Waals surface area contributed by atoms with Gasteiger partial charge in [0.2, 0.25) is 0 Å². The van der Waals surface area contributed by atoms with E-state index in [4.69, 9.17) is 0 Å². The summed E-state index contributed by atoms with van der Waals surface area (Å²) in [4.78, 5) is 0. The first-order valence-electron chi connectivity index (χ1n) is 4.50. The molecule has 76 valence electrons. The van der Waals surface area contributed by atoms with Crippen molar-refractivity contribution in [2.24, 2.45) is 0 Å². The van der Waals surface area contributed by atoms with Crippen molar-refractivity contribution in [2.75, 3.05) is 6.54 Å². The van der Waals surface area contributed by atoms with Crippen LogP contribution in [-0.2, 0) is 0 Å². The minimum Gasteiger partial charge on any atom is -0.307 e. The summed E-state index contributed by atoms with van der Waals surface area (Å²) >= 11 is 3.39. The third-order valence-electron chi connectivity index (χ3n) is 1.95. The van der Waals surface area contributed by atoms with Gasteiger partial charge in [-0.15, -0.1) is 6.58 Å². The van der Waals surface area contributed by atoms with Gasteiger partial charge in [-0.25, -0.2) is 4.39 Å². The SMILES string of the molecule is C=CC(NCC)c1cc(F)ccc1Br. The van der Waals surface area contributed by atoms with Crippen molar-refractivity contribution in [1.82, 2.24) is 5.32 Å². The zero-order chi connectivity index (χ0) is 10.6. The van der Waals surface area contributed by atoms with Crippen molar-refractivity contribution in [3.8, 4) is 0 Å². The molecular formula is C11H13BrFN. The molecule has 0 spiro atoms. The molecule has 1 nitrogen and oxygen atoms in total. The van der Waals surface area contributed by atoms with Crippen molar-refractivity contribution in [2.45, 2.75) is 13.0 Å². The highest BCUT2D eigenvalue weighted by atomic mass is 79.9. The number of rotatable bonds is 4. The van der Waals surface area contributed by atoms with Gasteiger partial charge in [0.25, 0.3) is 0 Å². The van der Waals surface area contributed by atoms with Crippen molar-refractivity contribution in [3.63, 3.8) is 0 Å². The van der Waals surface area contributed by atoms with Gasteiger partial charge in [0.05, 0.1) is 6.04 Å². The van der Waals surface area contributed by atoms with Gasteiger partial charge in [0.1, 0.15) is 5.82 Å². The van der Waals surface area contributed by atoms with E-state index in [1.807, 2.05) is 6.92 Å². The number of benzene rings is 1. The molecule has 0 bridgehead atoms. The largest absolute Gasteiger partial charge is 0.307 e. The van der Waals surface area contributed by atoms with Gasteiger partial charge in [0.15, 0.2) is 0 Å². The molecule has 1 unspecified atom stereocenters. The smallest absolute Gasteiger partial charge is 0.123 e. The van der Waals surface area contributed by atoms with Crippen molar-refractivity contribution in [3.05, 3.63) is 46.7 Å². The Morgan fingerprint density at radius 2 is 2.36 bits per heavy atom. The van der Waals surface area contributed by atoms with Crippen LogP contribution in [-0.4, -0.2) is 6.54 Å². The molecule has 0 radical (unpaired) electrons. The van der Waals surface area contributed by atoms with Gasteiger partial charge in [-0.3, -0.25) is 0 Å². The summed E-state index contributed by atoms with van der Waals surface area (Å²) in [5.41, 5.74) is 0.877. The number of nitrogens with one attached hydrogen (secondary N) is 1. The summed E-state index contributed by atoms with van der Waals surface area (Å²) in [6.07, 6.45) is 1.77. The lowest BCUT2D eigenvalue weighted by Crippen LogP contribution is -2.19. The fourth-order valence-electron chi connectivity index (χ4n) is 1.29. The normalized spacial score (nSPS) is 12.5. The Bertz CT molecular complexity index is 325. The fourth-order valence-corrected chi connectivity index (χ4v) is 1.79. The third-order valence-corrected chi connectivity index (χ3v) is 2.68. The van der Waals surface area contributed by atoms with Gasteiger partial charge in [-0.1, -0.05) is 28.9 Å². The van der Waals surface area contributed by atoms with E-state index in [1.54, 1.807) is 12.1 Å². The first-order valence-corrected chi connectivity index (χ1v) is 5.29. The molecule has 1 atom stereocenters. The van der Waals surface area contributed by atoms with Crippen LogP contribution in [0.15, 0.2) is 35.3 Å². The maximum atomic E-state index is 13.0. The van der Waals surface area contributed by atoms with Gasteiger partial charge < -0.3 is 5.32 Å². The van der Waals surface area contributed by atoms with Crippen LogP contribution in [0.5, 0.6) is 0 Å². The Morgan fingerprint density at radius 3 is 2.93 bits per heavy atom. The molecule has 0 aliphatic heterocycles. The average molecular weight is 258 g/mol. The second-order valence-corrected chi connectivity index (χ2v) is 3.79. The molecule has 0 aliphatic carbocycles. The lowest BCUT2D eigenvalue weighted by molar-refractivity contribution is 0.608.